The molecular formula is C106H118Br2N2. The topological polar surface area (TPSA) is 6.48 Å². The number of rotatable bonds is 10. The van der Waals surface area contributed by atoms with Crippen LogP contribution in [0.25, 0.3) is 64.6 Å². The fourth-order valence-corrected chi connectivity index (χ4v) is 19.5. The van der Waals surface area contributed by atoms with Gasteiger partial charge in [-0.05, 0) is 337 Å². The molecule has 0 N–H and O–H groups in total. The smallest absolute Gasteiger partial charge is 0.0543 e. The Morgan fingerprint density at radius 1 is 0.318 bits per heavy atom. The molecule has 0 amide bonds. The lowest BCUT2D eigenvalue weighted by Gasteiger charge is -2.38. The highest BCUT2D eigenvalue weighted by molar-refractivity contribution is 9.11. The van der Waals surface area contributed by atoms with E-state index in [2.05, 4.69) is 392 Å². The van der Waals surface area contributed by atoms with E-state index in [1.165, 1.54) is 225 Å². The van der Waals surface area contributed by atoms with E-state index in [1.54, 1.807) is 0 Å². The fraction of sp³-hybridized carbons (Fsp3) is 0.358. The molecule has 14 aromatic rings. The van der Waals surface area contributed by atoms with Crippen LogP contribution in [0.4, 0.5) is 34.1 Å². The van der Waals surface area contributed by atoms with Crippen molar-refractivity contribution in [2.24, 2.45) is 0 Å². The Morgan fingerprint density at radius 3 is 1.20 bits per heavy atom. The lowest BCUT2D eigenvalue weighted by atomic mass is 9.70. The van der Waals surface area contributed by atoms with Gasteiger partial charge in [0.15, 0.2) is 0 Å². The van der Waals surface area contributed by atoms with Gasteiger partial charge in [-0.15, -0.1) is 0 Å². The maximum atomic E-state index is 3.90. The molecule has 0 unspecified atom stereocenters. The summed E-state index contributed by atoms with van der Waals surface area (Å²) in [4.78, 5) is 5.25. The quantitative estimate of drug-likeness (QED) is 0.126. The molecule has 0 saturated heterocycles. The Morgan fingerprint density at radius 2 is 0.718 bits per heavy atom. The minimum Gasteiger partial charge on any atom is -0.309 e. The van der Waals surface area contributed by atoms with Crippen LogP contribution in [0.5, 0.6) is 0 Å². The highest BCUT2D eigenvalue weighted by Crippen LogP contribution is 2.57. The summed E-state index contributed by atoms with van der Waals surface area (Å²) in [7, 11) is 0. The molecule has 0 bridgehead atoms. The Kier molecular flexibility index (Phi) is 20.5. The van der Waals surface area contributed by atoms with E-state index in [-0.39, 0.29) is 27.1 Å². The maximum absolute atomic E-state index is 3.90. The number of anilines is 6. The van der Waals surface area contributed by atoms with Gasteiger partial charge < -0.3 is 9.80 Å². The average Bonchev–Trinajstić information content (AvgIpc) is 0.701. The Labute approximate surface area is 676 Å². The third-order valence-corrected chi connectivity index (χ3v) is 26.5. The normalized spacial score (nSPS) is 14.2. The molecule has 2 nitrogen and oxygen atoms in total. The third kappa shape index (κ3) is 14.2. The van der Waals surface area contributed by atoms with Gasteiger partial charge >= 0.3 is 0 Å². The Balaban J connectivity index is 0.000000177. The number of aryl methyl sites for hydroxylation is 11. The molecule has 0 radical (unpaired) electrons. The summed E-state index contributed by atoms with van der Waals surface area (Å²) in [6.07, 6.45) is 5.53. The first-order valence-corrected chi connectivity index (χ1v) is 42.3. The molecule has 16 rings (SSSR count). The molecule has 2 aliphatic rings. The first-order chi connectivity index (χ1) is 51.6. The first-order valence-electron chi connectivity index (χ1n) is 40.7. The van der Waals surface area contributed by atoms with Gasteiger partial charge in [0.05, 0.1) is 11.4 Å². The molecule has 0 atom stereocenters. The van der Waals surface area contributed by atoms with Gasteiger partial charge in [0.25, 0.3) is 0 Å². The minimum atomic E-state index is -0.00712. The highest BCUT2D eigenvalue weighted by atomic mass is 79.9. The second kappa shape index (κ2) is 28.7. The van der Waals surface area contributed by atoms with Crippen molar-refractivity contribution in [2.75, 3.05) is 9.80 Å². The highest BCUT2D eigenvalue weighted by Gasteiger charge is 2.37. The zero-order valence-electron chi connectivity index (χ0n) is 71.0. The summed E-state index contributed by atoms with van der Waals surface area (Å²) in [5, 5.41) is 16.8. The Hall–Kier alpha value is -8.28. The van der Waals surface area contributed by atoms with E-state index in [9.17, 15) is 0 Å². The molecule has 110 heavy (non-hydrogen) atoms. The zero-order chi connectivity index (χ0) is 79.2. The van der Waals surface area contributed by atoms with Crippen LogP contribution in [0.3, 0.4) is 0 Å². The third-order valence-electron chi connectivity index (χ3n) is 25.2. The van der Waals surface area contributed by atoms with Crippen LogP contribution >= 0.6 is 31.9 Å². The van der Waals surface area contributed by atoms with Gasteiger partial charge in [0.1, 0.15) is 0 Å². The number of hydrogen-bond acceptors (Lipinski definition) is 2. The van der Waals surface area contributed by atoms with Crippen LogP contribution in [-0.2, 0) is 46.3 Å². The summed E-state index contributed by atoms with van der Waals surface area (Å²) in [6.45, 7) is 60.1. The molecule has 0 spiro atoms. The van der Waals surface area contributed by atoms with Crippen LogP contribution in [0.1, 0.15) is 254 Å². The van der Waals surface area contributed by atoms with Crippen LogP contribution < -0.4 is 9.80 Å². The van der Waals surface area contributed by atoms with Crippen molar-refractivity contribution >= 4 is 131 Å². The summed E-state index contributed by atoms with van der Waals surface area (Å²) in [5.74, 6) is 0.811. The number of nitrogens with zero attached hydrogens (tertiary/aromatic N) is 2. The van der Waals surface area contributed by atoms with Gasteiger partial charge in [-0.2, -0.15) is 0 Å². The molecule has 2 aliphatic carbocycles. The van der Waals surface area contributed by atoms with E-state index >= 15 is 0 Å². The molecule has 4 heteroatoms. The van der Waals surface area contributed by atoms with E-state index in [1.807, 2.05) is 0 Å². The molecule has 0 aliphatic heterocycles. The van der Waals surface area contributed by atoms with E-state index < -0.39 is 0 Å². The lowest BCUT2D eigenvalue weighted by molar-refractivity contribution is 0.475. The predicted molar refractivity (Wildman–Crippen MR) is 490 cm³/mol. The SMILES string of the molecule is CC(C)c1cc(Br)c2cc3c4c(cc(Br)c5ccc1c2c54)CCC3(C)C.Cc1ccc(Cc2cc(C(C)(C)C)ccc2C)c(C)c1.Cc1ccc(N(c2cc(C(C)(C)C)ccc2C)c2cc(C(C)C)c3ccc4c(N(c5ccc(C)cc5C)c5cc(C(C)(C)C)ccc5C)cc5c6c(cc2c3c46)C(C)(C)CC5)c(C)c1. The van der Waals surface area contributed by atoms with Crippen LogP contribution in [0.15, 0.2) is 179 Å². The molecule has 14 aromatic carbocycles. The molecule has 0 heterocycles. The van der Waals surface area contributed by atoms with E-state index in [0.717, 1.165) is 25.7 Å². The second-order valence-electron chi connectivity index (χ2n) is 38.3. The fourth-order valence-electron chi connectivity index (χ4n) is 18.3. The molecule has 0 aromatic heterocycles. The van der Waals surface area contributed by atoms with Crippen LogP contribution in [0, 0.1) is 62.3 Å². The van der Waals surface area contributed by atoms with Gasteiger partial charge in [-0.1, -0.05) is 275 Å². The second-order valence-corrected chi connectivity index (χ2v) is 40.1. The molecule has 0 fully saturated rings. The standard InChI is InChI=1S/C62H70N2.C24H22Br2.C20H26/c1-36(2)48-35-56(64(52-26-18-38(4)30-42(52)8)54-33-45(61(12,13)14)22-20-40(54)6)49-34-50-57-43(27-28-62(50,15)16)31-55(47-24-23-46(48)58(49)59(47)57)63(51-25-17-37(3)29-41(51)7)53-32-44(60(9,10)11)21-19-39(53)5;1-12(2)16-11-20(26)17-10-18-21-13(7-8-24(18,3)4)9-19(25)15-6-5-14(16)22(17)23(15)21;1-14-7-9-17(16(3)11-14)12-18-13-19(20(4,5)6)10-8-15(18)2/h17-26,29-36H,27-28H2,1-16H3;5-6,9-12H,7-8H2,1-4H3;7-11,13H,12H2,1-6H3. The number of benzene rings is 14. The largest absolute Gasteiger partial charge is 0.309 e. The maximum Gasteiger partial charge on any atom is 0.0543 e. The predicted octanol–water partition coefficient (Wildman–Crippen LogP) is 32.3. The van der Waals surface area contributed by atoms with Gasteiger partial charge in [0.2, 0.25) is 0 Å². The van der Waals surface area contributed by atoms with E-state index in [0.29, 0.717) is 11.8 Å². The number of halogens is 2. The molecule has 566 valence electrons. The number of hydrogen-bond donors (Lipinski definition) is 0. The molecular weight excluding hydrogens is 1460 g/mol. The molecule has 0 saturated carbocycles. The summed E-state index contributed by atoms with van der Waals surface area (Å²) >= 11 is 7.77. The van der Waals surface area contributed by atoms with Gasteiger partial charge in [0, 0.05) is 47.9 Å². The monoisotopic (exact) mass is 1580 g/mol. The van der Waals surface area contributed by atoms with E-state index in [4.69, 9.17) is 0 Å². The minimum absolute atomic E-state index is 0.00164. The lowest BCUT2D eigenvalue weighted by Crippen LogP contribution is -2.24. The van der Waals surface area contributed by atoms with Crippen molar-refractivity contribution in [3.8, 4) is 0 Å². The van der Waals surface area contributed by atoms with Crippen LogP contribution in [-0.4, -0.2) is 0 Å². The first kappa shape index (κ1) is 78.4. The summed E-state index contributed by atoms with van der Waals surface area (Å²) < 4.78 is 2.45. The van der Waals surface area contributed by atoms with Gasteiger partial charge in [-0.25, -0.2) is 0 Å². The van der Waals surface area contributed by atoms with Crippen molar-refractivity contribution in [1.29, 1.82) is 0 Å². The Bertz CT molecular complexity index is 5960. The van der Waals surface area contributed by atoms with Crippen molar-refractivity contribution < 1.29 is 0 Å². The van der Waals surface area contributed by atoms with Crippen molar-refractivity contribution in [3.63, 3.8) is 0 Å². The van der Waals surface area contributed by atoms with Crippen molar-refractivity contribution in [2.45, 2.75) is 251 Å². The van der Waals surface area contributed by atoms with Crippen molar-refractivity contribution in [1.82, 2.24) is 0 Å². The zero-order valence-corrected chi connectivity index (χ0v) is 74.2. The summed E-state index contributed by atoms with van der Waals surface area (Å²) in [5.41, 5.74) is 35.4. The van der Waals surface area contributed by atoms with Crippen molar-refractivity contribution in [3.05, 3.63) is 290 Å². The van der Waals surface area contributed by atoms with Gasteiger partial charge in [-0.3, -0.25) is 0 Å². The van der Waals surface area contributed by atoms with Crippen LogP contribution in [0.2, 0.25) is 0 Å². The average molecular weight is 1580 g/mol. The summed E-state index contributed by atoms with van der Waals surface area (Å²) in [6, 6.07) is 66.5.